The first-order valence-corrected chi connectivity index (χ1v) is 9.20. The number of nitrogens with zero attached hydrogens (tertiary/aromatic N) is 1. The van der Waals surface area contributed by atoms with E-state index < -0.39 is 10.7 Å². The van der Waals surface area contributed by atoms with Gasteiger partial charge in [-0.05, 0) is 26.7 Å². The van der Waals surface area contributed by atoms with Crippen LogP contribution in [0.2, 0.25) is 0 Å². The molecule has 1 atom stereocenters. The number of thiazole rings is 1. The molecule has 0 spiro atoms. The molecule has 0 aliphatic carbocycles. The lowest BCUT2D eigenvalue weighted by Crippen LogP contribution is -2.33. The van der Waals surface area contributed by atoms with Crippen LogP contribution < -0.4 is 0 Å². The summed E-state index contributed by atoms with van der Waals surface area (Å²) in [5.74, 6) is -1.19. The molecule has 0 aromatic carbocycles. The van der Waals surface area contributed by atoms with Crippen LogP contribution in [-0.4, -0.2) is 46.1 Å². The molecule has 2 rings (SSSR count). The van der Waals surface area contributed by atoms with Crippen molar-refractivity contribution in [3.05, 3.63) is 11.1 Å². The summed E-state index contributed by atoms with van der Waals surface area (Å²) in [5, 5.41) is 10.5. The van der Waals surface area contributed by atoms with Crippen LogP contribution in [-0.2, 0) is 25.5 Å². The monoisotopic (exact) mass is 359 g/mol. The summed E-state index contributed by atoms with van der Waals surface area (Å²) in [6.07, 6.45) is 2.25. The van der Waals surface area contributed by atoms with E-state index in [-0.39, 0.29) is 18.5 Å². The Hall–Kier alpha value is -1.12. The first-order valence-electron chi connectivity index (χ1n) is 7.51. The Kier molecular flexibility index (Phi) is 6.43. The van der Waals surface area contributed by atoms with E-state index >= 15 is 0 Å². The standard InChI is InChI=1S/C15H21NO5S2/c1-15(2,13(19)21-11-4-3-6-20-7-5-11)23-14-16-10(9-22-14)8-12(17)18/h9,11H,3-8H2,1-2H3,(H,17,18). The minimum atomic E-state index is -0.916. The molecule has 0 saturated carbocycles. The first kappa shape index (κ1) is 18.2. The van der Waals surface area contributed by atoms with Gasteiger partial charge in [-0.1, -0.05) is 11.8 Å². The van der Waals surface area contributed by atoms with Crippen molar-refractivity contribution in [2.75, 3.05) is 13.2 Å². The summed E-state index contributed by atoms with van der Waals surface area (Å²) in [6.45, 7) is 4.94. The number of thioether (sulfide) groups is 1. The Labute approximate surface area is 143 Å². The Bertz CT molecular complexity index is 550. The smallest absolute Gasteiger partial charge is 0.322 e. The van der Waals surface area contributed by atoms with Crippen LogP contribution in [0.15, 0.2) is 9.72 Å². The van der Waals surface area contributed by atoms with E-state index in [0.29, 0.717) is 16.6 Å². The van der Waals surface area contributed by atoms with E-state index in [4.69, 9.17) is 14.6 Å². The number of ether oxygens (including phenoxy) is 2. The van der Waals surface area contributed by atoms with Gasteiger partial charge in [-0.25, -0.2) is 4.98 Å². The zero-order valence-electron chi connectivity index (χ0n) is 13.2. The second-order valence-corrected chi connectivity index (χ2v) is 8.59. The number of esters is 1. The average molecular weight is 359 g/mol. The van der Waals surface area contributed by atoms with E-state index in [2.05, 4.69) is 4.98 Å². The molecule has 0 radical (unpaired) electrons. The molecule has 0 bridgehead atoms. The molecule has 8 heteroatoms. The number of aliphatic carboxylic acids is 1. The predicted octanol–water partition coefficient (Wildman–Crippen LogP) is 2.75. The van der Waals surface area contributed by atoms with Gasteiger partial charge in [-0.15, -0.1) is 11.3 Å². The molecular formula is C15H21NO5S2. The van der Waals surface area contributed by atoms with Gasteiger partial charge in [-0.2, -0.15) is 0 Å². The second-order valence-electron chi connectivity index (χ2n) is 5.86. The van der Waals surface area contributed by atoms with Gasteiger partial charge in [0.05, 0.1) is 18.7 Å². The van der Waals surface area contributed by atoms with Crippen LogP contribution in [0.1, 0.15) is 38.8 Å². The van der Waals surface area contributed by atoms with Crippen molar-refractivity contribution in [1.82, 2.24) is 4.98 Å². The summed E-state index contributed by atoms with van der Waals surface area (Å²) < 4.78 is 10.9. The molecule has 1 N–H and O–H groups in total. The number of aromatic nitrogens is 1. The Morgan fingerprint density at radius 1 is 1.48 bits per heavy atom. The van der Waals surface area contributed by atoms with Gasteiger partial charge in [-0.3, -0.25) is 9.59 Å². The minimum absolute atomic E-state index is 0.0938. The highest BCUT2D eigenvalue weighted by Gasteiger charge is 2.34. The third-order valence-electron chi connectivity index (χ3n) is 3.37. The number of carbonyl (C=O) groups excluding carboxylic acids is 1. The summed E-state index contributed by atoms with van der Waals surface area (Å²) in [6, 6.07) is 0. The maximum Gasteiger partial charge on any atom is 0.322 e. The largest absolute Gasteiger partial charge is 0.481 e. The third-order valence-corrected chi connectivity index (χ3v) is 5.53. The molecule has 1 fully saturated rings. The lowest BCUT2D eigenvalue weighted by molar-refractivity contribution is -0.151. The zero-order chi connectivity index (χ0) is 16.9. The number of carboxylic acid groups (broad SMARTS) is 1. The zero-order valence-corrected chi connectivity index (χ0v) is 14.9. The van der Waals surface area contributed by atoms with Crippen molar-refractivity contribution in [3.63, 3.8) is 0 Å². The summed E-state index contributed by atoms with van der Waals surface area (Å²) in [4.78, 5) is 27.4. The first-order chi connectivity index (χ1) is 10.9. The highest BCUT2D eigenvalue weighted by molar-refractivity contribution is 8.03. The molecule has 6 nitrogen and oxygen atoms in total. The summed E-state index contributed by atoms with van der Waals surface area (Å²) in [5.41, 5.74) is 0.509. The van der Waals surface area contributed by atoms with Gasteiger partial charge < -0.3 is 14.6 Å². The molecule has 0 amide bonds. The second kappa shape index (κ2) is 8.12. The van der Waals surface area contributed by atoms with Crippen molar-refractivity contribution in [1.29, 1.82) is 0 Å². The molecule has 1 aromatic rings. The van der Waals surface area contributed by atoms with Crippen LogP contribution in [0.5, 0.6) is 0 Å². The quantitative estimate of drug-likeness (QED) is 0.617. The molecule has 1 unspecified atom stereocenters. The van der Waals surface area contributed by atoms with Crippen molar-refractivity contribution in [2.24, 2.45) is 0 Å². The molecule has 23 heavy (non-hydrogen) atoms. The van der Waals surface area contributed by atoms with E-state index in [1.807, 2.05) is 0 Å². The fourth-order valence-electron chi connectivity index (χ4n) is 2.12. The van der Waals surface area contributed by atoms with E-state index in [0.717, 1.165) is 25.9 Å². The predicted molar refractivity (Wildman–Crippen MR) is 87.9 cm³/mol. The highest BCUT2D eigenvalue weighted by Crippen LogP contribution is 2.36. The average Bonchev–Trinajstić information content (AvgIpc) is 2.72. The maximum absolute atomic E-state index is 12.4. The normalized spacial score (nSPS) is 19.1. The van der Waals surface area contributed by atoms with E-state index in [9.17, 15) is 9.59 Å². The number of hydrogen-bond donors (Lipinski definition) is 1. The fourth-order valence-corrected chi connectivity index (χ4v) is 4.35. The van der Waals surface area contributed by atoms with Crippen LogP contribution in [0.25, 0.3) is 0 Å². The number of hydrogen-bond acceptors (Lipinski definition) is 7. The summed E-state index contributed by atoms with van der Waals surface area (Å²) in [7, 11) is 0. The lowest BCUT2D eigenvalue weighted by Gasteiger charge is -2.24. The van der Waals surface area contributed by atoms with Gasteiger partial charge in [0.1, 0.15) is 10.9 Å². The van der Waals surface area contributed by atoms with Gasteiger partial charge >= 0.3 is 11.9 Å². The SMILES string of the molecule is CC(C)(Sc1nc(CC(=O)O)cs1)C(=O)OC1CCCOCC1. The summed E-state index contributed by atoms with van der Waals surface area (Å²) >= 11 is 2.65. The molecule has 1 aromatic heterocycles. The van der Waals surface area contributed by atoms with Crippen molar-refractivity contribution >= 4 is 35.0 Å². The van der Waals surface area contributed by atoms with Crippen LogP contribution in [0.3, 0.4) is 0 Å². The van der Waals surface area contributed by atoms with Crippen molar-refractivity contribution in [3.8, 4) is 0 Å². The molecule has 1 aliphatic rings. The third kappa shape index (κ3) is 5.78. The Morgan fingerprint density at radius 3 is 3.00 bits per heavy atom. The number of rotatable bonds is 6. The van der Waals surface area contributed by atoms with E-state index in [1.54, 1.807) is 19.2 Å². The topological polar surface area (TPSA) is 85.7 Å². The maximum atomic E-state index is 12.4. The van der Waals surface area contributed by atoms with Crippen LogP contribution in [0, 0.1) is 0 Å². The lowest BCUT2D eigenvalue weighted by atomic mass is 10.1. The Morgan fingerprint density at radius 2 is 2.26 bits per heavy atom. The minimum Gasteiger partial charge on any atom is -0.481 e. The van der Waals surface area contributed by atoms with Crippen LogP contribution >= 0.6 is 23.1 Å². The number of carbonyl (C=O) groups is 2. The highest BCUT2D eigenvalue weighted by atomic mass is 32.2. The van der Waals surface area contributed by atoms with Crippen molar-refractivity contribution < 1.29 is 24.2 Å². The van der Waals surface area contributed by atoms with Gasteiger partial charge in [0.25, 0.3) is 0 Å². The van der Waals surface area contributed by atoms with Gasteiger partial charge in [0, 0.05) is 18.4 Å². The molecular weight excluding hydrogens is 338 g/mol. The van der Waals surface area contributed by atoms with Crippen molar-refractivity contribution in [2.45, 2.75) is 54.7 Å². The molecule has 2 heterocycles. The fraction of sp³-hybridized carbons (Fsp3) is 0.667. The molecule has 128 valence electrons. The van der Waals surface area contributed by atoms with E-state index in [1.165, 1.54) is 23.1 Å². The number of carboxylic acids is 1. The van der Waals surface area contributed by atoms with Crippen LogP contribution in [0.4, 0.5) is 0 Å². The Balaban J connectivity index is 1.92. The molecule has 1 aliphatic heterocycles. The molecule has 1 saturated heterocycles. The van der Waals surface area contributed by atoms with Gasteiger partial charge in [0.2, 0.25) is 0 Å². The van der Waals surface area contributed by atoms with Gasteiger partial charge in [0.15, 0.2) is 4.34 Å².